The molecule has 0 amide bonds. The van der Waals surface area contributed by atoms with E-state index < -0.39 is 16.7 Å². The van der Waals surface area contributed by atoms with Gasteiger partial charge in [-0.15, -0.1) is 0 Å². The Hall–Kier alpha value is -2.17. The van der Waals surface area contributed by atoms with E-state index in [9.17, 15) is 14.0 Å². The number of rotatable bonds is 2. The fraction of sp³-hybridized carbons (Fsp3) is 0. The van der Waals surface area contributed by atoms with Crippen LogP contribution in [-0.2, 0) is 0 Å². The van der Waals surface area contributed by atoms with Gasteiger partial charge in [0.15, 0.2) is 0 Å². The fourth-order valence-electron chi connectivity index (χ4n) is 1.20. The smallest absolute Gasteiger partial charge is 0.249 e. The lowest BCUT2D eigenvalue weighted by molar-refractivity contribution is 0.633. The Kier molecular flexibility index (Phi) is 2.00. The molecule has 0 aliphatic carbocycles. The van der Waals surface area contributed by atoms with Crippen molar-refractivity contribution in [3.8, 4) is 0 Å². The first-order valence-electron chi connectivity index (χ1n) is 4.21. The van der Waals surface area contributed by atoms with Crippen LogP contribution in [0.1, 0.15) is 0 Å². The summed E-state index contributed by atoms with van der Waals surface area (Å²) in [4.78, 5) is 21.6. The van der Waals surface area contributed by atoms with Gasteiger partial charge in [0, 0.05) is 6.07 Å². The normalized spacial score (nSPS) is 10.5. The molecular weight excluding hydrogens is 199 g/mol. The summed E-state index contributed by atoms with van der Waals surface area (Å²) >= 11 is 0. The van der Waals surface area contributed by atoms with Crippen LogP contribution in [0, 0.1) is 5.82 Å². The molecule has 0 atom stereocenters. The summed E-state index contributed by atoms with van der Waals surface area (Å²) in [7, 11) is 0. The number of para-hydroxylation sites is 1. The van der Waals surface area contributed by atoms with E-state index in [-0.39, 0.29) is 17.1 Å². The predicted molar refractivity (Wildman–Crippen MR) is 55.4 cm³/mol. The fourth-order valence-corrected chi connectivity index (χ4v) is 1.20. The van der Waals surface area contributed by atoms with Crippen molar-refractivity contribution in [3.63, 3.8) is 0 Å². The minimum Gasteiger partial charge on any atom is -0.395 e. The number of nitrogens with one attached hydrogen (secondary N) is 1. The number of nitrogen functional groups attached to an aromatic ring is 1. The Balaban J connectivity index is 2.34. The standard InChI is InChI=1S/C10H7FN2O2/c11-5-2-1-3-6(9(5)12)13-7-4-8(14)10(7)15/h1-4,13H,12H2. The van der Waals surface area contributed by atoms with Gasteiger partial charge in [0.2, 0.25) is 10.9 Å². The average Bonchev–Trinajstić information content (AvgIpc) is 2.23. The molecule has 2 aromatic carbocycles. The molecule has 0 aliphatic heterocycles. The van der Waals surface area contributed by atoms with Crippen LogP contribution in [0.2, 0.25) is 0 Å². The minimum absolute atomic E-state index is 0.0782. The van der Waals surface area contributed by atoms with Crippen molar-refractivity contribution in [3.05, 3.63) is 50.5 Å². The van der Waals surface area contributed by atoms with Gasteiger partial charge in [0.25, 0.3) is 0 Å². The Bertz CT molecular complexity index is 585. The summed E-state index contributed by atoms with van der Waals surface area (Å²) in [5, 5.41) is 2.59. The van der Waals surface area contributed by atoms with Crippen LogP contribution in [0.15, 0.2) is 33.9 Å². The summed E-state index contributed by atoms with van der Waals surface area (Å²) in [6.45, 7) is 0. The molecule has 3 N–H and O–H groups in total. The zero-order valence-corrected chi connectivity index (χ0v) is 7.58. The lowest BCUT2D eigenvalue weighted by Gasteiger charge is -2.09. The molecule has 0 heterocycles. The molecule has 0 spiro atoms. The molecule has 0 fully saturated rings. The van der Waals surface area contributed by atoms with Gasteiger partial charge in [0.05, 0.1) is 17.1 Å². The first-order valence-corrected chi connectivity index (χ1v) is 4.21. The van der Waals surface area contributed by atoms with E-state index in [0.29, 0.717) is 0 Å². The second-order valence-corrected chi connectivity index (χ2v) is 3.08. The van der Waals surface area contributed by atoms with Crippen LogP contribution in [0.4, 0.5) is 21.5 Å². The summed E-state index contributed by atoms with van der Waals surface area (Å²) in [5.74, 6) is -0.571. The Morgan fingerprint density at radius 2 is 1.93 bits per heavy atom. The van der Waals surface area contributed by atoms with Gasteiger partial charge >= 0.3 is 0 Å². The quantitative estimate of drug-likeness (QED) is 0.561. The maximum Gasteiger partial charge on any atom is 0.249 e. The SMILES string of the molecule is Nc1c(F)cccc1Nc1cc(=O)c1=O. The molecule has 0 radical (unpaired) electrons. The molecule has 76 valence electrons. The maximum absolute atomic E-state index is 13.0. The van der Waals surface area contributed by atoms with Gasteiger partial charge in [-0.2, -0.15) is 0 Å². The van der Waals surface area contributed by atoms with E-state index in [1.165, 1.54) is 18.2 Å². The topological polar surface area (TPSA) is 72.2 Å². The van der Waals surface area contributed by atoms with Crippen LogP contribution in [-0.4, -0.2) is 0 Å². The van der Waals surface area contributed by atoms with E-state index in [2.05, 4.69) is 5.32 Å². The number of hydrogen-bond acceptors (Lipinski definition) is 4. The third kappa shape index (κ3) is 1.48. The highest BCUT2D eigenvalue weighted by Crippen LogP contribution is 2.23. The van der Waals surface area contributed by atoms with Crippen LogP contribution in [0.3, 0.4) is 0 Å². The highest BCUT2D eigenvalue weighted by molar-refractivity contribution is 5.73. The summed E-state index contributed by atoms with van der Waals surface area (Å²) in [6.07, 6.45) is 0. The third-order valence-electron chi connectivity index (χ3n) is 2.07. The number of nitrogens with two attached hydrogens (primary N) is 1. The molecule has 2 rings (SSSR count). The highest BCUT2D eigenvalue weighted by atomic mass is 19.1. The van der Waals surface area contributed by atoms with E-state index in [1.807, 2.05) is 0 Å². The molecule has 0 saturated carbocycles. The summed E-state index contributed by atoms with van der Waals surface area (Å²) in [6, 6.07) is 5.34. The molecule has 0 aliphatic rings. The van der Waals surface area contributed by atoms with Crippen LogP contribution >= 0.6 is 0 Å². The molecule has 0 unspecified atom stereocenters. The molecular formula is C10H7FN2O2. The van der Waals surface area contributed by atoms with Crippen LogP contribution in [0.25, 0.3) is 0 Å². The lowest BCUT2D eigenvalue weighted by atomic mass is 10.2. The summed E-state index contributed by atoms with van der Waals surface area (Å²) in [5.41, 5.74) is 4.59. The first kappa shape index (κ1) is 9.39. The van der Waals surface area contributed by atoms with Crippen molar-refractivity contribution in [1.82, 2.24) is 0 Å². The third-order valence-corrected chi connectivity index (χ3v) is 2.07. The van der Waals surface area contributed by atoms with Gasteiger partial charge in [-0.05, 0) is 12.1 Å². The zero-order valence-electron chi connectivity index (χ0n) is 7.58. The van der Waals surface area contributed by atoms with Gasteiger partial charge in [0.1, 0.15) is 5.82 Å². The van der Waals surface area contributed by atoms with Crippen molar-refractivity contribution in [2.75, 3.05) is 11.1 Å². The van der Waals surface area contributed by atoms with Crippen LogP contribution in [0.5, 0.6) is 0 Å². The average molecular weight is 206 g/mol. The predicted octanol–water partition coefficient (Wildman–Crippen LogP) is 0.747. The molecule has 5 heteroatoms. The second kappa shape index (κ2) is 3.20. The van der Waals surface area contributed by atoms with Crippen molar-refractivity contribution >= 4 is 17.1 Å². The van der Waals surface area contributed by atoms with Crippen molar-refractivity contribution in [2.45, 2.75) is 0 Å². The number of benzene rings is 1. The van der Waals surface area contributed by atoms with E-state index in [4.69, 9.17) is 5.73 Å². The molecule has 0 bridgehead atoms. The van der Waals surface area contributed by atoms with E-state index >= 15 is 0 Å². The minimum atomic E-state index is -0.612. The van der Waals surface area contributed by atoms with E-state index in [0.717, 1.165) is 6.07 Å². The highest BCUT2D eigenvalue weighted by Gasteiger charge is 2.11. The molecule has 0 saturated heterocycles. The summed E-state index contributed by atoms with van der Waals surface area (Å²) < 4.78 is 13.0. The zero-order chi connectivity index (χ0) is 11.0. The van der Waals surface area contributed by atoms with Crippen LogP contribution < -0.4 is 21.9 Å². The largest absolute Gasteiger partial charge is 0.395 e. The van der Waals surface area contributed by atoms with Gasteiger partial charge in [-0.1, -0.05) is 6.07 Å². The number of anilines is 3. The molecule has 4 nitrogen and oxygen atoms in total. The second-order valence-electron chi connectivity index (χ2n) is 3.08. The first-order chi connectivity index (χ1) is 7.09. The van der Waals surface area contributed by atoms with Crippen molar-refractivity contribution in [1.29, 1.82) is 0 Å². The monoisotopic (exact) mass is 206 g/mol. The Morgan fingerprint density at radius 3 is 2.53 bits per heavy atom. The lowest BCUT2D eigenvalue weighted by Crippen LogP contribution is -2.31. The van der Waals surface area contributed by atoms with Crippen molar-refractivity contribution in [2.24, 2.45) is 0 Å². The Morgan fingerprint density at radius 1 is 1.20 bits per heavy atom. The number of hydrogen-bond donors (Lipinski definition) is 2. The molecule has 2 aromatic rings. The molecule has 15 heavy (non-hydrogen) atoms. The number of halogens is 1. The molecule has 0 aromatic heterocycles. The maximum atomic E-state index is 13.0. The van der Waals surface area contributed by atoms with Gasteiger partial charge in [-0.25, -0.2) is 4.39 Å². The Labute approximate surface area is 83.8 Å². The van der Waals surface area contributed by atoms with Gasteiger partial charge < -0.3 is 11.1 Å². The van der Waals surface area contributed by atoms with Gasteiger partial charge in [-0.3, -0.25) is 9.59 Å². The van der Waals surface area contributed by atoms with E-state index in [1.54, 1.807) is 0 Å². The van der Waals surface area contributed by atoms with Crippen molar-refractivity contribution < 1.29 is 4.39 Å².